The molecule has 2 rings (SSSR count). The SMILES string of the molecule is C[C@H](NCC(O)c1ccc(F)cc1)c1cccc(F)c1. The first-order valence-corrected chi connectivity index (χ1v) is 6.48. The average Bonchev–Trinajstić information content (AvgIpc) is 2.45. The fraction of sp³-hybridized carbons (Fsp3) is 0.250. The Morgan fingerprint density at radius 3 is 2.35 bits per heavy atom. The summed E-state index contributed by atoms with van der Waals surface area (Å²) >= 11 is 0. The zero-order valence-electron chi connectivity index (χ0n) is 11.2. The van der Waals surface area contributed by atoms with Crippen LogP contribution in [0.4, 0.5) is 8.78 Å². The molecule has 0 aliphatic carbocycles. The summed E-state index contributed by atoms with van der Waals surface area (Å²) in [5.74, 6) is -0.614. The summed E-state index contributed by atoms with van der Waals surface area (Å²) in [6, 6.07) is 12.0. The van der Waals surface area contributed by atoms with Gasteiger partial charge in [0.15, 0.2) is 0 Å². The van der Waals surface area contributed by atoms with E-state index in [1.54, 1.807) is 18.2 Å². The molecule has 20 heavy (non-hydrogen) atoms. The maximum absolute atomic E-state index is 13.1. The Morgan fingerprint density at radius 2 is 1.70 bits per heavy atom. The highest BCUT2D eigenvalue weighted by Gasteiger charge is 2.11. The maximum Gasteiger partial charge on any atom is 0.123 e. The number of halogens is 2. The van der Waals surface area contributed by atoms with Crippen LogP contribution in [0.3, 0.4) is 0 Å². The van der Waals surface area contributed by atoms with Crippen LogP contribution in [-0.2, 0) is 0 Å². The summed E-state index contributed by atoms with van der Waals surface area (Å²) in [5.41, 5.74) is 1.46. The van der Waals surface area contributed by atoms with Gasteiger partial charge in [-0.2, -0.15) is 0 Å². The first kappa shape index (κ1) is 14.6. The second-order valence-electron chi connectivity index (χ2n) is 4.75. The number of aliphatic hydroxyl groups excluding tert-OH is 1. The van der Waals surface area contributed by atoms with Crippen LogP contribution >= 0.6 is 0 Å². The molecule has 0 amide bonds. The van der Waals surface area contributed by atoms with Crippen LogP contribution in [0.15, 0.2) is 48.5 Å². The molecule has 0 bridgehead atoms. The highest BCUT2D eigenvalue weighted by atomic mass is 19.1. The van der Waals surface area contributed by atoms with E-state index in [1.165, 1.54) is 24.3 Å². The second kappa shape index (κ2) is 6.59. The lowest BCUT2D eigenvalue weighted by atomic mass is 10.1. The van der Waals surface area contributed by atoms with Crippen molar-refractivity contribution in [3.63, 3.8) is 0 Å². The van der Waals surface area contributed by atoms with Crippen LogP contribution in [0, 0.1) is 11.6 Å². The smallest absolute Gasteiger partial charge is 0.123 e. The summed E-state index contributed by atoms with van der Waals surface area (Å²) in [6.07, 6.45) is -0.730. The number of rotatable bonds is 5. The molecule has 0 aliphatic rings. The van der Waals surface area contributed by atoms with Gasteiger partial charge in [-0.3, -0.25) is 0 Å². The Labute approximate surface area is 117 Å². The first-order chi connectivity index (χ1) is 9.56. The van der Waals surface area contributed by atoms with Crippen LogP contribution in [0.5, 0.6) is 0 Å². The second-order valence-corrected chi connectivity index (χ2v) is 4.75. The van der Waals surface area contributed by atoms with Gasteiger partial charge in [0.25, 0.3) is 0 Å². The van der Waals surface area contributed by atoms with Gasteiger partial charge in [-0.25, -0.2) is 8.78 Å². The van der Waals surface area contributed by atoms with Gasteiger partial charge in [0.1, 0.15) is 11.6 Å². The molecule has 0 radical (unpaired) electrons. The third-order valence-corrected chi connectivity index (χ3v) is 3.22. The van der Waals surface area contributed by atoms with Gasteiger partial charge in [0.05, 0.1) is 6.10 Å². The molecule has 0 spiro atoms. The van der Waals surface area contributed by atoms with Crippen LogP contribution < -0.4 is 5.32 Å². The maximum atomic E-state index is 13.1. The van der Waals surface area contributed by atoms with E-state index in [0.717, 1.165) is 5.56 Å². The predicted molar refractivity (Wildman–Crippen MR) is 74.2 cm³/mol. The van der Waals surface area contributed by atoms with Gasteiger partial charge in [-0.1, -0.05) is 24.3 Å². The molecule has 0 heterocycles. The Balaban J connectivity index is 1.93. The fourth-order valence-electron chi connectivity index (χ4n) is 1.98. The van der Waals surface area contributed by atoms with E-state index < -0.39 is 6.10 Å². The summed E-state index contributed by atoms with van der Waals surface area (Å²) < 4.78 is 25.9. The van der Waals surface area contributed by atoms with Crippen LogP contribution in [0.2, 0.25) is 0 Å². The van der Waals surface area contributed by atoms with Crippen molar-refractivity contribution >= 4 is 0 Å². The van der Waals surface area contributed by atoms with Gasteiger partial charge < -0.3 is 10.4 Å². The van der Waals surface area contributed by atoms with Crippen molar-refractivity contribution in [2.75, 3.05) is 6.54 Å². The van der Waals surface area contributed by atoms with E-state index >= 15 is 0 Å². The molecule has 0 fully saturated rings. The molecule has 2 aromatic rings. The number of aliphatic hydroxyl groups is 1. The van der Waals surface area contributed by atoms with Crippen molar-refractivity contribution in [2.24, 2.45) is 0 Å². The third kappa shape index (κ3) is 3.85. The molecule has 4 heteroatoms. The molecule has 0 aromatic heterocycles. The average molecular weight is 277 g/mol. The van der Waals surface area contributed by atoms with Crippen LogP contribution in [0.25, 0.3) is 0 Å². The lowest BCUT2D eigenvalue weighted by Crippen LogP contribution is -2.24. The molecule has 0 saturated carbocycles. The Hall–Kier alpha value is -1.78. The molecular formula is C16H17F2NO. The van der Waals surface area contributed by atoms with E-state index in [1.807, 2.05) is 13.0 Å². The minimum absolute atomic E-state index is 0.0826. The summed E-state index contributed by atoms with van der Waals surface area (Å²) in [7, 11) is 0. The van der Waals surface area contributed by atoms with Gasteiger partial charge in [0, 0.05) is 12.6 Å². The molecule has 2 atom stereocenters. The minimum atomic E-state index is -0.730. The molecule has 0 aliphatic heterocycles. The minimum Gasteiger partial charge on any atom is -0.387 e. The fourth-order valence-corrected chi connectivity index (χ4v) is 1.98. The van der Waals surface area contributed by atoms with Crippen molar-refractivity contribution in [1.29, 1.82) is 0 Å². The summed E-state index contributed by atoms with van der Waals surface area (Å²) in [5, 5.41) is 13.1. The molecule has 1 unspecified atom stereocenters. The molecule has 2 N–H and O–H groups in total. The molecule has 106 valence electrons. The number of hydrogen-bond donors (Lipinski definition) is 2. The zero-order valence-corrected chi connectivity index (χ0v) is 11.2. The van der Waals surface area contributed by atoms with E-state index in [4.69, 9.17) is 0 Å². The third-order valence-electron chi connectivity index (χ3n) is 3.22. The predicted octanol–water partition coefficient (Wildman–Crippen LogP) is 3.35. The quantitative estimate of drug-likeness (QED) is 0.878. The van der Waals surface area contributed by atoms with Crippen molar-refractivity contribution in [2.45, 2.75) is 19.1 Å². The van der Waals surface area contributed by atoms with Gasteiger partial charge >= 0.3 is 0 Å². The lowest BCUT2D eigenvalue weighted by molar-refractivity contribution is 0.170. The van der Waals surface area contributed by atoms with E-state index in [2.05, 4.69) is 5.32 Å². The van der Waals surface area contributed by atoms with E-state index in [0.29, 0.717) is 12.1 Å². The van der Waals surface area contributed by atoms with Crippen LogP contribution in [-0.4, -0.2) is 11.7 Å². The lowest BCUT2D eigenvalue weighted by Gasteiger charge is -2.18. The van der Waals surface area contributed by atoms with Crippen molar-refractivity contribution in [3.05, 3.63) is 71.3 Å². The summed E-state index contributed by atoms with van der Waals surface area (Å²) in [4.78, 5) is 0. The highest BCUT2D eigenvalue weighted by Crippen LogP contribution is 2.16. The molecule has 2 aromatic carbocycles. The topological polar surface area (TPSA) is 32.3 Å². The van der Waals surface area contributed by atoms with E-state index in [9.17, 15) is 13.9 Å². The Morgan fingerprint density at radius 1 is 1.00 bits per heavy atom. The van der Waals surface area contributed by atoms with Gasteiger partial charge in [-0.05, 0) is 42.3 Å². The number of nitrogens with one attached hydrogen (secondary N) is 1. The Kier molecular flexibility index (Phi) is 4.82. The summed E-state index contributed by atoms with van der Waals surface area (Å²) in [6.45, 7) is 2.20. The van der Waals surface area contributed by atoms with Crippen LogP contribution in [0.1, 0.15) is 30.2 Å². The largest absolute Gasteiger partial charge is 0.387 e. The number of hydrogen-bond acceptors (Lipinski definition) is 2. The number of benzene rings is 2. The zero-order chi connectivity index (χ0) is 14.5. The van der Waals surface area contributed by atoms with Gasteiger partial charge in [0.2, 0.25) is 0 Å². The van der Waals surface area contributed by atoms with E-state index in [-0.39, 0.29) is 17.7 Å². The standard InChI is InChI=1S/C16H17F2NO/c1-11(13-3-2-4-15(18)9-13)19-10-16(20)12-5-7-14(17)8-6-12/h2-9,11,16,19-20H,10H2,1H3/t11-,16?/m0/s1. The van der Waals surface area contributed by atoms with Crippen molar-refractivity contribution in [3.8, 4) is 0 Å². The normalized spacial score (nSPS) is 14.0. The monoisotopic (exact) mass is 277 g/mol. The highest BCUT2D eigenvalue weighted by molar-refractivity contribution is 5.21. The molecular weight excluding hydrogens is 260 g/mol. The van der Waals surface area contributed by atoms with Gasteiger partial charge in [-0.15, -0.1) is 0 Å². The van der Waals surface area contributed by atoms with Crippen molar-refractivity contribution in [1.82, 2.24) is 5.32 Å². The molecule has 0 saturated heterocycles. The molecule has 2 nitrogen and oxygen atoms in total. The Bertz CT molecular complexity index is 557. The van der Waals surface area contributed by atoms with Crippen molar-refractivity contribution < 1.29 is 13.9 Å². The first-order valence-electron chi connectivity index (χ1n) is 6.48.